The summed E-state index contributed by atoms with van der Waals surface area (Å²) >= 11 is 0. The lowest BCUT2D eigenvalue weighted by atomic mass is 10.1. The minimum absolute atomic E-state index is 0. The maximum atomic E-state index is 12.2. The molecular weight excluding hydrogens is 508 g/mol. The van der Waals surface area contributed by atoms with Crippen molar-refractivity contribution in [2.45, 2.75) is 18.8 Å². The number of rotatable bonds is 8. The van der Waals surface area contributed by atoms with Crippen molar-refractivity contribution >= 4 is 29.9 Å². The number of nitrogens with one attached hydrogen (secondary N) is 2. The number of aliphatic imine (C=N–C) groups is 1. The predicted molar refractivity (Wildman–Crippen MR) is 124 cm³/mol. The van der Waals surface area contributed by atoms with E-state index in [1.54, 1.807) is 19.2 Å². The van der Waals surface area contributed by atoms with Crippen molar-refractivity contribution in [2.75, 3.05) is 34.3 Å². The van der Waals surface area contributed by atoms with Gasteiger partial charge in [0.2, 0.25) is 0 Å². The summed E-state index contributed by atoms with van der Waals surface area (Å²) in [6.07, 6.45) is -4.34. The minimum Gasteiger partial charge on any atom is -0.484 e. The average Bonchev–Trinajstić information content (AvgIpc) is 2.69. The highest BCUT2D eigenvalue weighted by Gasteiger charge is 2.28. The number of nitrogens with zero attached hydrogens (tertiary/aromatic N) is 2. The first kappa shape index (κ1) is 26.0. The van der Waals surface area contributed by atoms with Gasteiger partial charge in [0, 0.05) is 20.1 Å². The molecule has 0 aliphatic carbocycles. The van der Waals surface area contributed by atoms with Crippen molar-refractivity contribution in [3.63, 3.8) is 0 Å². The molecule has 2 aromatic carbocycles. The van der Waals surface area contributed by atoms with E-state index in [0.29, 0.717) is 19.0 Å². The Kier molecular flexibility index (Phi) is 11.0. The van der Waals surface area contributed by atoms with E-state index < -0.39 is 12.8 Å². The second-order valence-electron chi connectivity index (χ2n) is 6.74. The molecule has 0 aliphatic heterocycles. The molecule has 2 N–H and O–H groups in total. The Balaban J connectivity index is 0.00000450. The number of likely N-dealkylation sites (N-methyl/N-ethyl adjacent to an activating group) is 1. The summed E-state index contributed by atoms with van der Waals surface area (Å²) in [4.78, 5) is 6.36. The summed E-state index contributed by atoms with van der Waals surface area (Å²) in [5.74, 6) is 0.829. The van der Waals surface area contributed by atoms with E-state index in [1.807, 2.05) is 32.3 Å². The van der Waals surface area contributed by atoms with E-state index in [2.05, 4.69) is 32.7 Å². The summed E-state index contributed by atoms with van der Waals surface area (Å²) in [5, 5.41) is 6.52. The number of alkyl halides is 3. The maximum absolute atomic E-state index is 12.2. The van der Waals surface area contributed by atoms with Crippen LogP contribution >= 0.6 is 24.0 Å². The number of guanidine groups is 1. The van der Waals surface area contributed by atoms with Gasteiger partial charge in [-0.15, -0.1) is 24.0 Å². The Morgan fingerprint density at radius 3 is 2.20 bits per heavy atom. The summed E-state index contributed by atoms with van der Waals surface area (Å²) in [7, 11) is 5.74. The first-order chi connectivity index (χ1) is 13.8. The zero-order valence-electron chi connectivity index (χ0n) is 17.2. The summed E-state index contributed by atoms with van der Waals surface area (Å²) < 4.78 is 41.3. The second-order valence-corrected chi connectivity index (χ2v) is 6.74. The van der Waals surface area contributed by atoms with Crippen LogP contribution in [-0.4, -0.2) is 51.3 Å². The van der Waals surface area contributed by atoms with E-state index in [4.69, 9.17) is 4.74 Å². The van der Waals surface area contributed by atoms with E-state index in [0.717, 1.165) is 5.56 Å². The maximum Gasteiger partial charge on any atom is 0.422 e. The van der Waals surface area contributed by atoms with Crippen LogP contribution in [0, 0.1) is 0 Å². The third kappa shape index (κ3) is 9.21. The second kappa shape index (κ2) is 12.6. The first-order valence-corrected chi connectivity index (χ1v) is 9.23. The molecule has 5 nitrogen and oxygen atoms in total. The van der Waals surface area contributed by atoms with Crippen molar-refractivity contribution in [2.24, 2.45) is 4.99 Å². The fraction of sp³-hybridized carbons (Fsp3) is 0.381. The number of hydrogen-bond donors (Lipinski definition) is 2. The fourth-order valence-corrected chi connectivity index (χ4v) is 2.74. The van der Waals surface area contributed by atoms with Crippen LogP contribution in [0.2, 0.25) is 0 Å². The van der Waals surface area contributed by atoms with Crippen LogP contribution in [0.15, 0.2) is 59.6 Å². The normalized spacial score (nSPS) is 12.8. The lowest BCUT2D eigenvalue weighted by Crippen LogP contribution is -2.41. The van der Waals surface area contributed by atoms with Gasteiger partial charge in [-0.2, -0.15) is 13.2 Å². The summed E-state index contributed by atoms with van der Waals surface area (Å²) in [6, 6.07) is 16.9. The van der Waals surface area contributed by atoms with Gasteiger partial charge in [-0.1, -0.05) is 42.5 Å². The number of hydrogen-bond acceptors (Lipinski definition) is 3. The van der Waals surface area contributed by atoms with Crippen LogP contribution in [-0.2, 0) is 6.54 Å². The Labute approximate surface area is 192 Å². The minimum atomic E-state index is -4.34. The quantitative estimate of drug-likeness (QED) is 0.302. The van der Waals surface area contributed by atoms with Crippen molar-refractivity contribution in [1.82, 2.24) is 15.5 Å². The molecule has 0 amide bonds. The van der Waals surface area contributed by atoms with Crippen LogP contribution in [0.25, 0.3) is 0 Å². The average molecular weight is 536 g/mol. The molecule has 0 aliphatic rings. The molecule has 166 valence electrons. The number of halogens is 4. The zero-order valence-corrected chi connectivity index (χ0v) is 19.6. The molecule has 1 atom stereocenters. The number of benzene rings is 2. The standard InChI is InChI=1S/C21H27F3N4O.HI/c1-25-20(27-14-19(28(2)3)17-7-5-4-6-8-17)26-13-16-9-11-18(12-10-16)29-15-21(22,23)24;/h4-12,19H,13-15H2,1-3H3,(H2,25,26,27);1H. The Bertz CT molecular complexity index is 768. The van der Waals surface area contributed by atoms with Crippen molar-refractivity contribution < 1.29 is 17.9 Å². The molecule has 0 saturated carbocycles. The third-order valence-electron chi connectivity index (χ3n) is 4.28. The molecular formula is C21H28F3IN4O. The van der Waals surface area contributed by atoms with Gasteiger partial charge in [0.15, 0.2) is 12.6 Å². The van der Waals surface area contributed by atoms with Gasteiger partial charge in [-0.25, -0.2) is 0 Å². The van der Waals surface area contributed by atoms with Crippen LogP contribution in [0.5, 0.6) is 5.75 Å². The SMILES string of the molecule is CN=C(NCc1ccc(OCC(F)(F)F)cc1)NCC(c1ccccc1)N(C)C.I. The highest BCUT2D eigenvalue weighted by Crippen LogP contribution is 2.19. The molecule has 1 unspecified atom stereocenters. The Morgan fingerprint density at radius 2 is 1.67 bits per heavy atom. The Morgan fingerprint density at radius 1 is 1.03 bits per heavy atom. The smallest absolute Gasteiger partial charge is 0.422 e. The van der Waals surface area contributed by atoms with Gasteiger partial charge in [-0.05, 0) is 37.4 Å². The van der Waals surface area contributed by atoms with Crippen molar-refractivity contribution in [3.05, 3.63) is 65.7 Å². The molecule has 9 heteroatoms. The molecule has 0 bridgehead atoms. The molecule has 0 fully saturated rings. The summed E-state index contributed by atoms with van der Waals surface area (Å²) in [6.45, 7) is -0.145. The van der Waals surface area contributed by atoms with Crippen molar-refractivity contribution in [1.29, 1.82) is 0 Å². The fourth-order valence-electron chi connectivity index (χ4n) is 2.74. The molecule has 0 radical (unpaired) electrons. The monoisotopic (exact) mass is 536 g/mol. The van der Waals surface area contributed by atoms with Gasteiger partial charge in [0.1, 0.15) is 5.75 Å². The number of ether oxygens (including phenoxy) is 1. The van der Waals surface area contributed by atoms with Crippen LogP contribution < -0.4 is 15.4 Å². The molecule has 2 aromatic rings. The van der Waals surface area contributed by atoms with Gasteiger partial charge in [0.25, 0.3) is 0 Å². The van der Waals surface area contributed by atoms with E-state index in [-0.39, 0.29) is 35.8 Å². The van der Waals surface area contributed by atoms with Crippen molar-refractivity contribution in [3.8, 4) is 5.75 Å². The van der Waals surface area contributed by atoms with Crippen LogP contribution in [0.3, 0.4) is 0 Å². The third-order valence-corrected chi connectivity index (χ3v) is 4.28. The Hall–Kier alpha value is -2.01. The molecule has 0 heterocycles. The van der Waals surface area contributed by atoms with E-state index in [9.17, 15) is 13.2 Å². The molecule has 0 spiro atoms. The zero-order chi connectivity index (χ0) is 21.3. The molecule has 0 aromatic heterocycles. The lowest BCUT2D eigenvalue weighted by molar-refractivity contribution is -0.153. The van der Waals surface area contributed by atoms with Crippen LogP contribution in [0.4, 0.5) is 13.2 Å². The topological polar surface area (TPSA) is 48.9 Å². The first-order valence-electron chi connectivity index (χ1n) is 9.23. The van der Waals surface area contributed by atoms with E-state index >= 15 is 0 Å². The van der Waals surface area contributed by atoms with Gasteiger partial charge in [0.05, 0.1) is 6.04 Å². The summed E-state index contributed by atoms with van der Waals surface area (Å²) in [5.41, 5.74) is 2.11. The van der Waals surface area contributed by atoms with Gasteiger partial charge >= 0.3 is 6.18 Å². The highest BCUT2D eigenvalue weighted by molar-refractivity contribution is 14.0. The molecule has 2 rings (SSSR count). The molecule has 0 saturated heterocycles. The largest absolute Gasteiger partial charge is 0.484 e. The highest BCUT2D eigenvalue weighted by atomic mass is 127. The molecule has 30 heavy (non-hydrogen) atoms. The predicted octanol–water partition coefficient (Wildman–Crippen LogP) is 4.21. The van der Waals surface area contributed by atoms with Crippen LogP contribution in [0.1, 0.15) is 17.2 Å². The van der Waals surface area contributed by atoms with E-state index in [1.165, 1.54) is 17.7 Å². The van der Waals surface area contributed by atoms with Gasteiger partial charge < -0.3 is 20.3 Å². The van der Waals surface area contributed by atoms with Gasteiger partial charge in [-0.3, -0.25) is 4.99 Å². The lowest BCUT2D eigenvalue weighted by Gasteiger charge is -2.26.